The first kappa shape index (κ1) is 14.0. The molecule has 0 fully saturated rings. The fourth-order valence-corrected chi connectivity index (χ4v) is 2.02. The molecule has 1 heterocycles. The highest BCUT2D eigenvalue weighted by molar-refractivity contribution is 5.96. The minimum absolute atomic E-state index is 0.226. The average Bonchev–Trinajstić information content (AvgIpc) is 2.37. The first-order valence-electron chi connectivity index (χ1n) is 6.26. The standard InChI is InChI=1S/C15H17N3O2/c1-9-6-10(2)18-15(13(9)14(17)19)20-12-5-3-4-11(7-12)8-16/h3-7H,8,16H2,1-2H3,(H2,17,19). The topological polar surface area (TPSA) is 91.2 Å². The van der Waals surface area contributed by atoms with E-state index < -0.39 is 5.91 Å². The van der Waals surface area contributed by atoms with Crippen LogP contribution in [0.2, 0.25) is 0 Å². The lowest BCUT2D eigenvalue weighted by Crippen LogP contribution is -2.15. The van der Waals surface area contributed by atoms with Crippen molar-refractivity contribution >= 4 is 5.91 Å². The van der Waals surface area contributed by atoms with Gasteiger partial charge in [-0.25, -0.2) is 4.98 Å². The summed E-state index contributed by atoms with van der Waals surface area (Å²) in [6.07, 6.45) is 0. The molecule has 0 saturated carbocycles. The highest BCUT2D eigenvalue weighted by Crippen LogP contribution is 2.26. The number of hydrogen-bond acceptors (Lipinski definition) is 4. The number of nitrogens with two attached hydrogens (primary N) is 2. The van der Waals surface area contributed by atoms with Crippen LogP contribution in [0.25, 0.3) is 0 Å². The van der Waals surface area contributed by atoms with Gasteiger partial charge in [0, 0.05) is 12.2 Å². The second-order valence-corrected chi connectivity index (χ2v) is 4.58. The third-order valence-corrected chi connectivity index (χ3v) is 2.91. The Morgan fingerprint density at radius 2 is 2.05 bits per heavy atom. The van der Waals surface area contributed by atoms with Gasteiger partial charge in [-0.1, -0.05) is 12.1 Å². The van der Waals surface area contributed by atoms with Crippen LogP contribution in [0.3, 0.4) is 0 Å². The Kier molecular flexibility index (Phi) is 4.00. The predicted molar refractivity (Wildman–Crippen MR) is 76.6 cm³/mol. The number of aryl methyl sites for hydroxylation is 2. The maximum absolute atomic E-state index is 11.5. The molecule has 0 saturated heterocycles. The van der Waals surface area contributed by atoms with E-state index in [0.29, 0.717) is 17.9 Å². The summed E-state index contributed by atoms with van der Waals surface area (Å²) in [4.78, 5) is 15.8. The number of carbonyl (C=O) groups excluding carboxylic acids is 1. The van der Waals surface area contributed by atoms with Crippen molar-refractivity contribution in [1.82, 2.24) is 4.98 Å². The normalized spacial score (nSPS) is 10.3. The molecule has 0 atom stereocenters. The number of amides is 1. The van der Waals surface area contributed by atoms with Crippen molar-refractivity contribution in [2.24, 2.45) is 11.5 Å². The van der Waals surface area contributed by atoms with E-state index in [2.05, 4.69) is 4.98 Å². The smallest absolute Gasteiger partial charge is 0.254 e. The van der Waals surface area contributed by atoms with E-state index in [1.807, 2.05) is 25.1 Å². The van der Waals surface area contributed by atoms with E-state index in [4.69, 9.17) is 16.2 Å². The van der Waals surface area contributed by atoms with Crippen molar-refractivity contribution in [2.75, 3.05) is 0 Å². The largest absolute Gasteiger partial charge is 0.438 e. The third-order valence-electron chi connectivity index (χ3n) is 2.91. The highest BCUT2D eigenvalue weighted by Gasteiger charge is 2.16. The summed E-state index contributed by atoms with van der Waals surface area (Å²) >= 11 is 0. The van der Waals surface area contributed by atoms with Crippen LogP contribution in [-0.4, -0.2) is 10.9 Å². The molecule has 1 aromatic heterocycles. The van der Waals surface area contributed by atoms with Crippen molar-refractivity contribution in [3.8, 4) is 11.6 Å². The summed E-state index contributed by atoms with van der Waals surface area (Å²) < 4.78 is 5.71. The second-order valence-electron chi connectivity index (χ2n) is 4.58. The van der Waals surface area contributed by atoms with Crippen molar-refractivity contribution in [3.05, 3.63) is 52.7 Å². The van der Waals surface area contributed by atoms with Crippen molar-refractivity contribution in [2.45, 2.75) is 20.4 Å². The number of ether oxygens (including phenoxy) is 1. The lowest BCUT2D eigenvalue weighted by molar-refractivity contribution is 0.0997. The first-order chi connectivity index (χ1) is 9.51. The van der Waals surface area contributed by atoms with Crippen LogP contribution in [-0.2, 0) is 6.54 Å². The summed E-state index contributed by atoms with van der Waals surface area (Å²) in [5.74, 6) is 0.247. The van der Waals surface area contributed by atoms with E-state index in [0.717, 1.165) is 16.8 Å². The summed E-state index contributed by atoms with van der Waals surface area (Å²) in [6.45, 7) is 4.05. The van der Waals surface area contributed by atoms with E-state index >= 15 is 0 Å². The molecular weight excluding hydrogens is 254 g/mol. The molecule has 1 amide bonds. The zero-order valence-corrected chi connectivity index (χ0v) is 11.5. The van der Waals surface area contributed by atoms with Gasteiger partial charge in [0.25, 0.3) is 5.91 Å². The minimum atomic E-state index is -0.556. The zero-order chi connectivity index (χ0) is 14.7. The maximum atomic E-state index is 11.5. The van der Waals surface area contributed by atoms with Gasteiger partial charge in [0.2, 0.25) is 5.88 Å². The fraction of sp³-hybridized carbons (Fsp3) is 0.200. The predicted octanol–water partition coefficient (Wildman–Crippen LogP) is 2.05. The molecule has 5 heteroatoms. The van der Waals surface area contributed by atoms with Crippen molar-refractivity contribution in [3.63, 3.8) is 0 Å². The number of primary amides is 1. The quantitative estimate of drug-likeness (QED) is 0.890. The number of nitrogens with zero attached hydrogens (tertiary/aromatic N) is 1. The highest BCUT2D eigenvalue weighted by atomic mass is 16.5. The Labute approximate surface area is 117 Å². The zero-order valence-electron chi connectivity index (χ0n) is 11.5. The number of carbonyl (C=O) groups is 1. The molecule has 0 bridgehead atoms. The Bertz CT molecular complexity index is 654. The summed E-state index contributed by atoms with van der Waals surface area (Å²) in [5.41, 5.74) is 13.7. The lowest BCUT2D eigenvalue weighted by atomic mass is 10.1. The van der Waals surface area contributed by atoms with E-state index in [1.165, 1.54) is 0 Å². The summed E-state index contributed by atoms with van der Waals surface area (Å²) in [5, 5.41) is 0. The molecule has 0 spiro atoms. The van der Waals surface area contributed by atoms with Crippen LogP contribution in [0.5, 0.6) is 11.6 Å². The number of benzene rings is 1. The van der Waals surface area contributed by atoms with E-state index in [-0.39, 0.29) is 5.88 Å². The Morgan fingerprint density at radius 3 is 2.70 bits per heavy atom. The van der Waals surface area contributed by atoms with Crippen LogP contribution >= 0.6 is 0 Å². The molecule has 0 aliphatic rings. The Hall–Kier alpha value is -2.40. The fourth-order valence-electron chi connectivity index (χ4n) is 2.02. The SMILES string of the molecule is Cc1cc(C)c(C(N)=O)c(Oc2cccc(CN)c2)n1. The molecule has 20 heavy (non-hydrogen) atoms. The van der Waals surface area contributed by atoms with Crippen LogP contribution in [0.1, 0.15) is 27.2 Å². The molecule has 5 nitrogen and oxygen atoms in total. The number of aromatic nitrogens is 1. The first-order valence-corrected chi connectivity index (χ1v) is 6.26. The maximum Gasteiger partial charge on any atom is 0.254 e. The molecular formula is C15H17N3O2. The number of pyridine rings is 1. The van der Waals surface area contributed by atoms with Crippen molar-refractivity contribution < 1.29 is 9.53 Å². The van der Waals surface area contributed by atoms with Gasteiger partial charge in [0.15, 0.2) is 0 Å². The Balaban J connectivity index is 2.44. The molecule has 2 rings (SSSR count). The van der Waals surface area contributed by atoms with Crippen LogP contribution in [0.15, 0.2) is 30.3 Å². The van der Waals surface area contributed by atoms with Gasteiger partial charge in [-0.2, -0.15) is 0 Å². The lowest BCUT2D eigenvalue weighted by Gasteiger charge is -2.12. The minimum Gasteiger partial charge on any atom is -0.438 e. The van der Waals surface area contributed by atoms with Gasteiger partial charge in [-0.05, 0) is 43.2 Å². The number of rotatable bonds is 4. The molecule has 4 N–H and O–H groups in total. The van der Waals surface area contributed by atoms with Crippen LogP contribution in [0.4, 0.5) is 0 Å². The van der Waals surface area contributed by atoms with Gasteiger partial charge in [-0.15, -0.1) is 0 Å². The van der Waals surface area contributed by atoms with E-state index in [9.17, 15) is 4.79 Å². The van der Waals surface area contributed by atoms with Gasteiger partial charge < -0.3 is 16.2 Å². The Morgan fingerprint density at radius 1 is 1.30 bits per heavy atom. The monoisotopic (exact) mass is 271 g/mol. The second kappa shape index (κ2) is 5.71. The molecule has 0 aliphatic heterocycles. The molecule has 0 unspecified atom stereocenters. The molecule has 1 aromatic carbocycles. The van der Waals surface area contributed by atoms with Gasteiger partial charge in [0.1, 0.15) is 11.3 Å². The third kappa shape index (κ3) is 2.95. The van der Waals surface area contributed by atoms with Crippen LogP contribution < -0.4 is 16.2 Å². The summed E-state index contributed by atoms with van der Waals surface area (Å²) in [6, 6.07) is 9.12. The molecule has 0 aliphatic carbocycles. The van der Waals surface area contributed by atoms with Crippen molar-refractivity contribution in [1.29, 1.82) is 0 Å². The van der Waals surface area contributed by atoms with E-state index in [1.54, 1.807) is 19.1 Å². The van der Waals surface area contributed by atoms with Gasteiger partial charge in [0.05, 0.1) is 0 Å². The molecule has 0 radical (unpaired) electrons. The molecule has 104 valence electrons. The molecule has 2 aromatic rings. The van der Waals surface area contributed by atoms with Crippen LogP contribution in [0, 0.1) is 13.8 Å². The average molecular weight is 271 g/mol. The van der Waals surface area contributed by atoms with Gasteiger partial charge >= 0.3 is 0 Å². The number of hydrogen-bond donors (Lipinski definition) is 2. The van der Waals surface area contributed by atoms with Gasteiger partial charge in [-0.3, -0.25) is 4.79 Å². The summed E-state index contributed by atoms with van der Waals surface area (Å²) in [7, 11) is 0.